The van der Waals surface area contributed by atoms with Crippen molar-refractivity contribution in [2.75, 3.05) is 5.32 Å². The number of aromatic nitrogens is 3. The summed E-state index contributed by atoms with van der Waals surface area (Å²) in [5, 5.41) is 11.4. The first kappa shape index (κ1) is 29.0. The third-order valence-corrected chi connectivity index (χ3v) is 7.04. The van der Waals surface area contributed by atoms with Crippen LogP contribution in [0, 0.1) is 5.41 Å². The quantitative estimate of drug-likeness (QED) is 0.333. The highest BCUT2D eigenvalue weighted by atomic mass is 16.6. The molecule has 40 heavy (non-hydrogen) atoms. The van der Waals surface area contributed by atoms with Gasteiger partial charge in [-0.2, -0.15) is 5.10 Å². The molecule has 1 saturated carbocycles. The number of Topliss-reactive ketones (excluding diaryl/α,β-unsaturated/α-hetero) is 1. The summed E-state index contributed by atoms with van der Waals surface area (Å²) in [6.45, 7) is 11.3. The van der Waals surface area contributed by atoms with Gasteiger partial charge in [0.05, 0.1) is 12.1 Å². The lowest BCUT2D eigenvalue weighted by Gasteiger charge is -2.37. The van der Waals surface area contributed by atoms with Gasteiger partial charge >= 0.3 is 6.09 Å². The lowest BCUT2D eigenvalue weighted by molar-refractivity contribution is -0.118. The van der Waals surface area contributed by atoms with Gasteiger partial charge in [0.25, 0.3) is 5.91 Å². The second kappa shape index (κ2) is 11.3. The van der Waals surface area contributed by atoms with Crippen molar-refractivity contribution in [3.8, 4) is 11.3 Å². The van der Waals surface area contributed by atoms with E-state index in [0.717, 1.165) is 17.7 Å². The molecule has 10 nitrogen and oxygen atoms in total. The molecule has 4 rings (SSSR count). The van der Waals surface area contributed by atoms with Crippen LogP contribution in [0.3, 0.4) is 0 Å². The third kappa shape index (κ3) is 6.97. The van der Waals surface area contributed by atoms with Crippen LogP contribution in [-0.4, -0.2) is 38.3 Å². The smallest absolute Gasteiger partial charge is 0.413 e. The summed E-state index contributed by atoms with van der Waals surface area (Å²) in [6.07, 6.45) is 4.22. The summed E-state index contributed by atoms with van der Waals surface area (Å²) < 4.78 is 12.3. The molecule has 1 aliphatic carbocycles. The number of carbonyl (C=O) groups is 3. The van der Waals surface area contributed by atoms with Gasteiger partial charge in [0, 0.05) is 24.1 Å². The number of hydrogen-bond donors (Lipinski definition) is 2. The van der Waals surface area contributed by atoms with Gasteiger partial charge in [-0.15, -0.1) is 0 Å². The van der Waals surface area contributed by atoms with Crippen LogP contribution in [0.15, 0.2) is 34.9 Å². The molecule has 0 bridgehead atoms. The van der Waals surface area contributed by atoms with E-state index in [1.54, 1.807) is 32.9 Å². The second-order valence-corrected chi connectivity index (χ2v) is 12.3. The Bertz CT molecular complexity index is 1390. The lowest BCUT2D eigenvalue weighted by Crippen LogP contribution is -2.29. The number of rotatable bonds is 10. The molecule has 0 unspecified atom stereocenters. The number of nitrogens with one attached hydrogen (secondary N) is 1. The van der Waals surface area contributed by atoms with E-state index in [1.807, 2.05) is 32.0 Å². The largest absolute Gasteiger partial charge is 0.444 e. The molecule has 2 amide bonds. The summed E-state index contributed by atoms with van der Waals surface area (Å²) in [5.41, 5.74) is 8.07. The van der Waals surface area contributed by atoms with E-state index in [9.17, 15) is 14.4 Å². The van der Waals surface area contributed by atoms with Crippen molar-refractivity contribution >= 4 is 23.6 Å². The first-order valence-corrected chi connectivity index (χ1v) is 13.7. The minimum atomic E-state index is -0.732. The molecule has 3 aromatic rings. The van der Waals surface area contributed by atoms with E-state index < -0.39 is 17.6 Å². The lowest BCUT2D eigenvalue weighted by atomic mass is 9.68. The molecular weight excluding hydrogens is 510 g/mol. The summed E-state index contributed by atoms with van der Waals surface area (Å²) >= 11 is 0. The highest BCUT2D eigenvalue weighted by Crippen LogP contribution is 2.42. The first-order chi connectivity index (χ1) is 18.7. The van der Waals surface area contributed by atoms with Gasteiger partial charge in [-0.1, -0.05) is 42.8 Å². The predicted octanol–water partition coefficient (Wildman–Crippen LogP) is 5.65. The fourth-order valence-electron chi connectivity index (χ4n) is 4.95. The summed E-state index contributed by atoms with van der Waals surface area (Å²) in [7, 11) is 0. The average Bonchev–Trinajstić information content (AvgIpc) is 3.41. The maximum Gasteiger partial charge on any atom is 0.413 e. The summed E-state index contributed by atoms with van der Waals surface area (Å²) in [6, 6.07) is 8.91. The molecule has 3 N–H and O–H groups in total. The molecule has 214 valence electrons. The SMILES string of the molecule is CC(C)n1nc(-c2ccc(CC(=O)Cc3cc(CC4(C)CCC4)no3)cc2)c(C(N)=O)c1NC(=O)OC(C)(C)C. The Morgan fingerprint density at radius 2 is 1.82 bits per heavy atom. The molecule has 0 saturated heterocycles. The number of anilines is 1. The molecule has 1 fully saturated rings. The van der Waals surface area contributed by atoms with Crippen molar-refractivity contribution in [2.45, 2.75) is 91.7 Å². The third-order valence-electron chi connectivity index (χ3n) is 7.04. The zero-order valence-electron chi connectivity index (χ0n) is 24.2. The predicted molar refractivity (Wildman–Crippen MR) is 151 cm³/mol. The van der Waals surface area contributed by atoms with Crippen molar-refractivity contribution < 1.29 is 23.6 Å². The Labute approximate surface area is 234 Å². The van der Waals surface area contributed by atoms with E-state index in [0.29, 0.717) is 22.4 Å². The number of primary amides is 1. The molecule has 0 spiro atoms. The average molecular weight is 550 g/mol. The molecular formula is C30H39N5O5. The van der Waals surface area contributed by atoms with Gasteiger partial charge in [0.2, 0.25) is 0 Å². The number of carbonyl (C=O) groups excluding carboxylic acids is 3. The highest BCUT2D eigenvalue weighted by Gasteiger charge is 2.33. The Kier molecular flexibility index (Phi) is 8.18. The van der Waals surface area contributed by atoms with Crippen LogP contribution in [0.1, 0.15) is 94.2 Å². The van der Waals surface area contributed by atoms with Crippen molar-refractivity contribution in [2.24, 2.45) is 11.1 Å². The zero-order valence-corrected chi connectivity index (χ0v) is 24.2. The fourth-order valence-corrected chi connectivity index (χ4v) is 4.95. The second-order valence-electron chi connectivity index (χ2n) is 12.3. The van der Waals surface area contributed by atoms with Crippen LogP contribution < -0.4 is 11.1 Å². The molecule has 1 aromatic carbocycles. The number of ether oxygens (including phenoxy) is 1. The number of nitrogens with two attached hydrogens (primary N) is 1. The van der Waals surface area contributed by atoms with E-state index in [4.69, 9.17) is 15.0 Å². The van der Waals surface area contributed by atoms with Gasteiger partial charge in [-0.05, 0) is 64.9 Å². The van der Waals surface area contributed by atoms with Crippen LogP contribution in [0.25, 0.3) is 11.3 Å². The standard InChI is InChI=1S/C30H39N5O5/c1-18(2)35-27(32-28(38)39-29(3,4)5)24(26(31)37)25(33-35)20-10-8-19(9-11-20)14-22(36)16-23-15-21(34-40-23)17-30(6)12-7-13-30/h8-11,15,18H,7,12-14,16-17H2,1-6H3,(H2,31,37)(H,32,38). The molecule has 2 aromatic heterocycles. The topological polar surface area (TPSA) is 142 Å². The van der Waals surface area contributed by atoms with E-state index in [-0.39, 0.29) is 36.0 Å². The van der Waals surface area contributed by atoms with Crippen LogP contribution in [0.4, 0.5) is 10.6 Å². The fraction of sp³-hybridized carbons (Fsp3) is 0.500. The number of benzene rings is 1. The molecule has 1 aliphatic rings. The number of amides is 2. The van der Waals surface area contributed by atoms with Gasteiger partial charge < -0.3 is 15.0 Å². The maximum absolute atomic E-state index is 12.7. The zero-order chi connectivity index (χ0) is 29.2. The molecule has 0 aliphatic heterocycles. The Morgan fingerprint density at radius 1 is 1.15 bits per heavy atom. The maximum atomic E-state index is 12.7. The Balaban J connectivity index is 1.48. The highest BCUT2D eigenvalue weighted by molar-refractivity contribution is 6.06. The number of nitrogens with zero attached hydrogens (tertiary/aromatic N) is 3. The van der Waals surface area contributed by atoms with Gasteiger partial charge in [-0.25, -0.2) is 9.48 Å². The van der Waals surface area contributed by atoms with Crippen molar-refractivity contribution in [3.05, 3.63) is 52.9 Å². The van der Waals surface area contributed by atoms with Crippen LogP contribution >= 0.6 is 0 Å². The van der Waals surface area contributed by atoms with E-state index in [1.165, 1.54) is 23.9 Å². The van der Waals surface area contributed by atoms with Gasteiger partial charge in [0.15, 0.2) is 0 Å². The minimum Gasteiger partial charge on any atom is -0.444 e. The molecule has 0 radical (unpaired) electrons. The Morgan fingerprint density at radius 3 is 2.38 bits per heavy atom. The number of ketones is 1. The van der Waals surface area contributed by atoms with Gasteiger partial charge in [-0.3, -0.25) is 14.9 Å². The van der Waals surface area contributed by atoms with E-state index >= 15 is 0 Å². The van der Waals surface area contributed by atoms with Crippen molar-refractivity contribution in [3.63, 3.8) is 0 Å². The van der Waals surface area contributed by atoms with Crippen LogP contribution in [-0.2, 0) is 28.8 Å². The van der Waals surface area contributed by atoms with Gasteiger partial charge in [0.1, 0.15) is 34.2 Å². The molecule has 10 heteroatoms. The molecule has 0 atom stereocenters. The van der Waals surface area contributed by atoms with Crippen LogP contribution in [0.2, 0.25) is 0 Å². The summed E-state index contributed by atoms with van der Waals surface area (Å²) in [5.74, 6) is 0.0274. The van der Waals surface area contributed by atoms with Crippen molar-refractivity contribution in [1.82, 2.24) is 14.9 Å². The normalized spacial score (nSPS) is 14.6. The monoisotopic (exact) mass is 549 g/mol. The van der Waals surface area contributed by atoms with Crippen LogP contribution in [0.5, 0.6) is 0 Å². The Hall–Kier alpha value is -3.95. The van der Waals surface area contributed by atoms with E-state index in [2.05, 4.69) is 22.5 Å². The minimum absolute atomic E-state index is 0.0102. The molecule has 2 heterocycles. The number of hydrogen-bond acceptors (Lipinski definition) is 7. The summed E-state index contributed by atoms with van der Waals surface area (Å²) in [4.78, 5) is 37.8. The first-order valence-electron chi connectivity index (χ1n) is 13.7. The van der Waals surface area contributed by atoms with Crippen molar-refractivity contribution in [1.29, 1.82) is 0 Å².